The number of rotatable bonds is 3. The van der Waals surface area contributed by atoms with E-state index in [0.717, 1.165) is 12.8 Å². The number of para-hydroxylation sites is 1. The van der Waals surface area contributed by atoms with Gasteiger partial charge in [-0.2, -0.15) is 0 Å². The van der Waals surface area contributed by atoms with E-state index in [0.29, 0.717) is 5.92 Å². The fourth-order valence-corrected chi connectivity index (χ4v) is 4.33. The highest BCUT2D eigenvalue weighted by atomic mass is 15.0. The second-order valence-corrected chi connectivity index (χ2v) is 7.17. The van der Waals surface area contributed by atoms with Crippen LogP contribution in [0, 0.1) is 12.8 Å². The molecule has 2 aliphatic carbocycles. The summed E-state index contributed by atoms with van der Waals surface area (Å²) in [5.41, 5.74) is 7.12. The van der Waals surface area contributed by atoms with Crippen LogP contribution in [0.2, 0.25) is 0 Å². The monoisotopic (exact) mass is 329 g/mol. The lowest BCUT2D eigenvalue weighted by Gasteiger charge is -2.21. The summed E-state index contributed by atoms with van der Waals surface area (Å²) in [6, 6.07) is 8.79. The van der Waals surface area contributed by atoms with Crippen LogP contribution in [-0.2, 0) is 6.42 Å². The fraction of sp³-hybridized carbons (Fsp3) is 0.333. The second-order valence-electron chi connectivity index (χ2n) is 7.17. The summed E-state index contributed by atoms with van der Waals surface area (Å²) < 4.78 is 2.47. The van der Waals surface area contributed by atoms with E-state index in [1.165, 1.54) is 47.1 Å². The highest BCUT2D eigenvalue weighted by Gasteiger charge is 2.18. The van der Waals surface area contributed by atoms with E-state index < -0.39 is 0 Å². The zero-order chi connectivity index (χ0) is 17.2. The first-order valence-corrected chi connectivity index (χ1v) is 9.63. The van der Waals surface area contributed by atoms with Crippen molar-refractivity contribution in [1.29, 1.82) is 0 Å². The molecular weight excluding hydrogens is 302 g/mol. The zero-order valence-corrected chi connectivity index (χ0v) is 15.3. The normalized spacial score (nSPS) is 20.5. The van der Waals surface area contributed by atoms with Gasteiger partial charge in [-0.25, -0.2) is 0 Å². The summed E-state index contributed by atoms with van der Waals surface area (Å²) in [6.07, 6.45) is 20.0. The number of hydrogen-bond acceptors (Lipinski definition) is 0. The molecule has 25 heavy (non-hydrogen) atoms. The standard InChI is InChI=1S/C24H27N/c1-3-23-18(2)22-12-8-9-13-24(22)25(23)21-16-14-20(15-17-21)19-10-6-4-5-7-11-19/h4,6,8-10,12-14,16-17,20H,3,5,7,11,15H2,1-2H3. The Kier molecular flexibility index (Phi) is 4.48. The van der Waals surface area contributed by atoms with Gasteiger partial charge in [0.25, 0.3) is 0 Å². The van der Waals surface area contributed by atoms with Crippen LogP contribution in [0.5, 0.6) is 0 Å². The van der Waals surface area contributed by atoms with Crippen LogP contribution in [0.3, 0.4) is 0 Å². The lowest BCUT2D eigenvalue weighted by Crippen LogP contribution is -2.08. The number of benzene rings is 1. The number of hydrogen-bond donors (Lipinski definition) is 0. The molecule has 1 atom stereocenters. The van der Waals surface area contributed by atoms with Gasteiger partial charge in [0, 0.05) is 22.7 Å². The molecule has 0 bridgehead atoms. The first-order chi connectivity index (χ1) is 12.3. The fourth-order valence-electron chi connectivity index (χ4n) is 4.33. The Morgan fingerprint density at radius 1 is 1.20 bits per heavy atom. The van der Waals surface area contributed by atoms with Gasteiger partial charge < -0.3 is 4.57 Å². The molecule has 2 aliphatic rings. The van der Waals surface area contributed by atoms with E-state index in [2.05, 4.69) is 79.1 Å². The molecule has 2 aromatic rings. The minimum absolute atomic E-state index is 0.569. The Morgan fingerprint density at radius 3 is 2.88 bits per heavy atom. The van der Waals surface area contributed by atoms with Gasteiger partial charge in [0.05, 0.1) is 5.52 Å². The van der Waals surface area contributed by atoms with Gasteiger partial charge >= 0.3 is 0 Å². The molecule has 0 saturated heterocycles. The molecule has 1 heteroatoms. The van der Waals surface area contributed by atoms with E-state index in [4.69, 9.17) is 0 Å². The van der Waals surface area contributed by atoms with Gasteiger partial charge in [-0.15, -0.1) is 0 Å². The number of allylic oxidation sites excluding steroid dienone is 8. The Hall–Kier alpha value is -2.28. The molecule has 0 amide bonds. The van der Waals surface area contributed by atoms with Crippen LogP contribution in [0.15, 0.2) is 66.3 Å². The molecular formula is C24H27N. The maximum Gasteiger partial charge on any atom is 0.0534 e. The molecule has 0 aliphatic heterocycles. The van der Waals surface area contributed by atoms with Crippen molar-refractivity contribution in [2.75, 3.05) is 0 Å². The van der Waals surface area contributed by atoms with Crippen molar-refractivity contribution < 1.29 is 0 Å². The van der Waals surface area contributed by atoms with Crippen molar-refractivity contribution in [2.45, 2.75) is 46.0 Å². The summed E-state index contributed by atoms with van der Waals surface area (Å²) in [6.45, 7) is 4.52. The van der Waals surface area contributed by atoms with Crippen LogP contribution in [0.1, 0.15) is 43.9 Å². The van der Waals surface area contributed by atoms with Gasteiger partial charge in [0.15, 0.2) is 0 Å². The molecule has 1 nitrogen and oxygen atoms in total. The van der Waals surface area contributed by atoms with Crippen LogP contribution in [-0.4, -0.2) is 4.57 Å². The molecule has 1 aromatic carbocycles. The zero-order valence-electron chi connectivity index (χ0n) is 15.3. The molecule has 1 heterocycles. The first kappa shape index (κ1) is 16.2. The van der Waals surface area contributed by atoms with Crippen molar-refractivity contribution in [2.24, 2.45) is 5.92 Å². The Balaban J connectivity index is 1.69. The number of aromatic nitrogens is 1. The summed E-state index contributed by atoms with van der Waals surface area (Å²) in [5.74, 6) is 0.569. The summed E-state index contributed by atoms with van der Waals surface area (Å²) in [5, 5.41) is 1.38. The summed E-state index contributed by atoms with van der Waals surface area (Å²) >= 11 is 0. The SMILES string of the molecule is CCc1c(C)c2ccccc2n1C1=CCC(C2=CC=CCCC2)C=C1. The van der Waals surface area contributed by atoms with Crippen LogP contribution in [0.4, 0.5) is 0 Å². The lowest BCUT2D eigenvalue weighted by atomic mass is 9.88. The smallest absolute Gasteiger partial charge is 0.0534 e. The molecule has 128 valence electrons. The van der Waals surface area contributed by atoms with Crippen LogP contribution in [0.25, 0.3) is 16.6 Å². The van der Waals surface area contributed by atoms with Crippen molar-refractivity contribution in [3.05, 3.63) is 77.6 Å². The largest absolute Gasteiger partial charge is 0.314 e. The molecule has 0 spiro atoms. The van der Waals surface area contributed by atoms with Crippen molar-refractivity contribution >= 4 is 16.6 Å². The van der Waals surface area contributed by atoms with Gasteiger partial charge in [0.2, 0.25) is 0 Å². The maximum absolute atomic E-state index is 2.47. The second kappa shape index (κ2) is 6.92. The van der Waals surface area contributed by atoms with Crippen LogP contribution < -0.4 is 0 Å². The number of aryl methyl sites for hydroxylation is 1. The highest BCUT2D eigenvalue weighted by molar-refractivity contribution is 5.89. The maximum atomic E-state index is 2.47. The highest BCUT2D eigenvalue weighted by Crippen LogP contribution is 2.34. The molecule has 0 radical (unpaired) electrons. The van der Waals surface area contributed by atoms with E-state index in [1.807, 2.05) is 0 Å². The Bertz CT molecular complexity index is 902. The number of fused-ring (bicyclic) bond motifs is 1. The molecule has 1 unspecified atom stereocenters. The molecule has 0 fully saturated rings. The van der Waals surface area contributed by atoms with Gasteiger partial charge in [0.1, 0.15) is 0 Å². The summed E-state index contributed by atoms with van der Waals surface area (Å²) in [7, 11) is 0. The van der Waals surface area contributed by atoms with E-state index in [1.54, 1.807) is 5.57 Å². The third kappa shape index (κ3) is 2.93. The third-order valence-electron chi connectivity index (χ3n) is 5.68. The minimum Gasteiger partial charge on any atom is -0.314 e. The topological polar surface area (TPSA) is 4.93 Å². The van der Waals surface area contributed by atoms with E-state index >= 15 is 0 Å². The van der Waals surface area contributed by atoms with Crippen molar-refractivity contribution in [3.63, 3.8) is 0 Å². The molecule has 0 N–H and O–H groups in total. The lowest BCUT2D eigenvalue weighted by molar-refractivity contribution is 0.692. The molecule has 1 aromatic heterocycles. The van der Waals surface area contributed by atoms with Crippen molar-refractivity contribution in [1.82, 2.24) is 4.57 Å². The Labute approximate surface area is 151 Å². The minimum atomic E-state index is 0.569. The summed E-state index contributed by atoms with van der Waals surface area (Å²) in [4.78, 5) is 0. The van der Waals surface area contributed by atoms with Gasteiger partial charge in [-0.05, 0) is 56.7 Å². The quantitative estimate of drug-likeness (QED) is 0.598. The van der Waals surface area contributed by atoms with Crippen molar-refractivity contribution in [3.8, 4) is 0 Å². The Morgan fingerprint density at radius 2 is 2.08 bits per heavy atom. The third-order valence-corrected chi connectivity index (χ3v) is 5.68. The predicted molar refractivity (Wildman–Crippen MR) is 109 cm³/mol. The van der Waals surface area contributed by atoms with Gasteiger partial charge in [-0.1, -0.05) is 61.1 Å². The first-order valence-electron chi connectivity index (χ1n) is 9.63. The van der Waals surface area contributed by atoms with E-state index in [-0.39, 0.29) is 0 Å². The van der Waals surface area contributed by atoms with Crippen LogP contribution >= 0.6 is 0 Å². The number of nitrogens with zero attached hydrogens (tertiary/aromatic N) is 1. The van der Waals surface area contributed by atoms with Gasteiger partial charge in [-0.3, -0.25) is 0 Å². The van der Waals surface area contributed by atoms with E-state index in [9.17, 15) is 0 Å². The molecule has 4 rings (SSSR count). The molecule has 0 saturated carbocycles. The average molecular weight is 329 g/mol. The average Bonchev–Trinajstić information content (AvgIpc) is 2.83. The predicted octanol–water partition coefficient (Wildman–Crippen LogP) is 6.60.